The third-order valence-corrected chi connectivity index (χ3v) is 7.44. The van der Waals surface area contributed by atoms with Crippen LogP contribution in [-0.2, 0) is 17.6 Å². The van der Waals surface area contributed by atoms with Gasteiger partial charge in [0.1, 0.15) is 0 Å². The number of carbonyl (C=O) groups is 1. The van der Waals surface area contributed by atoms with Crippen LogP contribution in [0.5, 0.6) is 0 Å². The molecule has 0 saturated carbocycles. The molecule has 0 aromatic heterocycles. The molecule has 3 heteroatoms. The summed E-state index contributed by atoms with van der Waals surface area (Å²) in [7, 11) is 0. The molecule has 2 nitrogen and oxygen atoms in total. The number of carbonyl (C=O) groups excluding carboxylic acids is 1. The van der Waals surface area contributed by atoms with Gasteiger partial charge in [-0.25, -0.2) is 0 Å². The number of fused-ring (bicyclic) bond motifs is 1. The predicted octanol–water partition coefficient (Wildman–Crippen LogP) is 3.83. The average molecular weight is 407 g/mol. The van der Waals surface area contributed by atoms with Crippen LogP contribution in [0.1, 0.15) is 21.5 Å². The van der Waals surface area contributed by atoms with Crippen LogP contribution in [0.4, 0.5) is 0 Å². The normalized spacial score (nSPS) is 18.8. The molecular weight excluding hydrogens is 387 g/mol. The van der Waals surface area contributed by atoms with E-state index < -0.39 is 0 Å². The van der Waals surface area contributed by atoms with Crippen molar-refractivity contribution in [1.82, 2.24) is 0 Å². The van der Waals surface area contributed by atoms with Crippen molar-refractivity contribution >= 4 is 25.4 Å². The monoisotopic (exact) mass is 408 g/mol. The van der Waals surface area contributed by atoms with Gasteiger partial charge in [0.05, 0.1) is 0 Å². The molecule has 0 unspecified atom stereocenters. The van der Waals surface area contributed by atoms with E-state index in [1.807, 2.05) is 36.4 Å². The fourth-order valence-corrected chi connectivity index (χ4v) is 5.92. The van der Waals surface area contributed by atoms with Gasteiger partial charge in [0.15, 0.2) is 0 Å². The molecule has 0 fully saturated rings. The van der Waals surface area contributed by atoms with Crippen molar-refractivity contribution in [3.8, 4) is 0 Å². The van der Waals surface area contributed by atoms with E-state index >= 15 is 0 Å². The molecule has 3 aromatic rings. The van der Waals surface area contributed by atoms with Crippen molar-refractivity contribution in [2.24, 2.45) is 0 Å². The molecule has 0 saturated heterocycles. The molecule has 1 aliphatic rings. The quantitative estimate of drug-likeness (QED) is 0.486. The van der Waals surface area contributed by atoms with Crippen molar-refractivity contribution < 1.29 is 9.53 Å². The maximum atomic E-state index is 12.6. The molecule has 130 valence electrons. The number of hydrogen-bond acceptors (Lipinski definition) is 2. The van der Waals surface area contributed by atoms with E-state index in [-0.39, 0.29) is 27.0 Å². The van der Waals surface area contributed by atoms with Crippen LogP contribution in [0, 0.1) is 0 Å². The molecule has 0 radical (unpaired) electrons. The fraction of sp³-hybridized carbons (Fsp3) is 0.174. The summed E-state index contributed by atoms with van der Waals surface area (Å²) in [5.41, 5.74) is 3.32. The van der Waals surface area contributed by atoms with Crippen LogP contribution in [0.2, 0.25) is 4.82 Å². The summed E-state index contributed by atoms with van der Waals surface area (Å²) in [5.74, 6) is -0.219. The van der Waals surface area contributed by atoms with E-state index in [0.29, 0.717) is 10.4 Å². The Labute approximate surface area is 160 Å². The first-order valence-electron chi connectivity index (χ1n) is 8.84. The van der Waals surface area contributed by atoms with Crippen LogP contribution in [0.25, 0.3) is 0 Å². The van der Waals surface area contributed by atoms with Crippen LogP contribution in [0.3, 0.4) is 0 Å². The van der Waals surface area contributed by atoms with Crippen molar-refractivity contribution in [3.63, 3.8) is 0 Å². The Morgan fingerprint density at radius 3 is 2.04 bits per heavy atom. The summed E-state index contributed by atoms with van der Waals surface area (Å²) in [5, 5.41) is 0. The first kappa shape index (κ1) is 17.1. The van der Waals surface area contributed by atoms with Crippen LogP contribution >= 0.6 is 0 Å². The summed E-state index contributed by atoms with van der Waals surface area (Å²) < 4.78 is 7.35. The molecular formula is C23H20O2Se. The Morgan fingerprint density at radius 1 is 0.769 bits per heavy atom. The van der Waals surface area contributed by atoms with E-state index in [2.05, 4.69) is 48.5 Å². The van der Waals surface area contributed by atoms with Crippen molar-refractivity contribution in [2.75, 3.05) is 0 Å². The van der Waals surface area contributed by atoms with Gasteiger partial charge in [-0.05, 0) is 0 Å². The summed E-state index contributed by atoms with van der Waals surface area (Å²) in [6.07, 6.45) is 1.70. The summed E-state index contributed by atoms with van der Waals surface area (Å²) in [4.78, 5) is 13.0. The summed E-state index contributed by atoms with van der Waals surface area (Å²) in [6.45, 7) is 0. The number of hydrogen-bond donors (Lipinski definition) is 0. The SMILES string of the molecule is O=C(O[C@@H]1Cc2ccccc2C[C@H]1[Se]c1ccccc1)c1ccccc1. The minimum absolute atomic E-state index is 0.0715. The zero-order chi connectivity index (χ0) is 17.8. The Balaban J connectivity index is 1.57. The molecule has 0 spiro atoms. The Bertz CT molecular complexity index is 877. The Hall–Kier alpha value is -2.35. The van der Waals surface area contributed by atoms with Crippen LogP contribution in [-0.4, -0.2) is 27.0 Å². The number of esters is 1. The van der Waals surface area contributed by atoms with Gasteiger partial charge in [0.2, 0.25) is 0 Å². The Morgan fingerprint density at radius 2 is 1.35 bits per heavy atom. The molecule has 26 heavy (non-hydrogen) atoms. The second kappa shape index (κ2) is 7.90. The Kier molecular flexibility index (Phi) is 5.19. The van der Waals surface area contributed by atoms with Gasteiger partial charge >= 0.3 is 160 Å². The molecule has 0 heterocycles. The maximum absolute atomic E-state index is 12.6. The average Bonchev–Trinajstić information content (AvgIpc) is 2.70. The van der Waals surface area contributed by atoms with E-state index in [9.17, 15) is 4.79 Å². The summed E-state index contributed by atoms with van der Waals surface area (Å²) >= 11 is 0.260. The number of ether oxygens (including phenoxy) is 1. The molecule has 3 aromatic carbocycles. The molecule has 0 N–H and O–H groups in total. The molecule has 0 bridgehead atoms. The van der Waals surface area contributed by atoms with Gasteiger partial charge in [0.25, 0.3) is 0 Å². The molecule has 0 amide bonds. The third-order valence-electron chi connectivity index (χ3n) is 4.67. The first-order valence-corrected chi connectivity index (χ1v) is 10.7. The van der Waals surface area contributed by atoms with Crippen molar-refractivity contribution in [3.05, 3.63) is 102 Å². The van der Waals surface area contributed by atoms with Crippen LogP contribution < -0.4 is 4.46 Å². The van der Waals surface area contributed by atoms with Gasteiger partial charge in [-0.2, -0.15) is 0 Å². The molecule has 2 atom stereocenters. The number of benzene rings is 3. The topological polar surface area (TPSA) is 26.3 Å². The second-order valence-corrected chi connectivity index (χ2v) is 9.21. The number of rotatable bonds is 4. The first-order chi connectivity index (χ1) is 12.8. The van der Waals surface area contributed by atoms with Gasteiger partial charge in [-0.15, -0.1) is 0 Å². The standard InChI is InChI=1S/C23H20O2Se/c24-23(17-9-3-1-4-10-17)25-21-15-18-11-7-8-12-19(18)16-22(21)26-20-13-5-2-6-14-20/h1-14,21-22H,15-16H2/t21-,22-/m1/s1. The van der Waals surface area contributed by atoms with E-state index in [1.165, 1.54) is 15.6 Å². The van der Waals surface area contributed by atoms with Crippen LogP contribution in [0.15, 0.2) is 84.9 Å². The van der Waals surface area contributed by atoms with Gasteiger partial charge in [0, 0.05) is 0 Å². The molecule has 1 aliphatic carbocycles. The van der Waals surface area contributed by atoms with E-state index in [1.54, 1.807) is 0 Å². The van der Waals surface area contributed by atoms with Crippen molar-refractivity contribution in [2.45, 2.75) is 23.8 Å². The van der Waals surface area contributed by atoms with Gasteiger partial charge in [-0.3, -0.25) is 0 Å². The minimum atomic E-state index is -0.219. The third kappa shape index (κ3) is 3.90. The zero-order valence-electron chi connectivity index (χ0n) is 14.4. The van der Waals surface area contributed by atoms with E-state index in [4.69, 9.17) is 4.74 Å². The van der Waals surface area contributed by atoms with Gasteiger partial charge in [-0.1, -0.05) is 0 Å². The fourth-order valence-electron chi connectivity index (χ4n) is 3.34. The van der Waals surface area contributed by atoms with E-state index in [0.717, 1.165) is 12.8 Å². The van der Waals surface area contributed by atoms with Crippen molar-refractivity contribution in [1.29, 1.82) is 0 Å². The molecule has 4 rings (SSSR count). The van der Waals surface area contributed by atoms with Gasteiger partial charge < -0.3 is 0 Å². The summed E-state index contributed by atoms with van der Waals surface area (Å²) in [6, 6.07) is 28.4. The molecule has 0 aliphatic heterocycles. The predicted molar refractivity (Wildman–Crippen MR) is 105 cm³/mol. The second-order valence-electron chi connectivity index (χ2n) is 6.46. The zero-order valence-corrected chi connectivity index (χ0v) is 16.1.